The average molecular weight is 264 g/mol. The van der Waals surface area contributed by atoms with E-state index in [0.717, 1.165) is 23.9 Å². The Labute approximate surface area is 111 Å². The van der Waals surface area contributed by atoms with Crippen LogP contribution in [0.3, 0.4) is 0 Å². The normalized spacial score (nSPS) is 28.3. The van der Waals surface area contributed by atoms with E-state index in [1.165, 1.54) is 37.1 Å². The number of likely N-dealkylation sites (tertiary alicyclic amines) is 1. The van der Waals surface area contributed by atoms with E-state index in [0.29, 0.717) is 0 Å². The predicted molar refractivity (Wildman–Crippen MR) is 73.4 cm³/mol. The van der Waals surface area contributed by atoms with Gasteiger partial charge in [0, 0.05) is 19.6 Å². The van der Waals surface area contributed by atoms with Crippen LogP contribution in [0.1, 0.15) is 30.9 Å². The molecule has 2 atom stereocenters. The predicted octanol–water partition coefficient (Wildman–Crippen LogP) is 2.04. The molecule has 1 N–H and O–H groups in total. The number of hydrogen-bond acceptors (Lipinski definition) is 2. The van der Waals surface area contributed by atoms with Crippen molar-refractivity contribution in [3.05, 3.63) is 29.3 Å². The van der Waals surface area contributed by atoms with Crippen molar-refractivity contribution in [3.63, 3.8) is 0 Å². The van der Waals surface area contributed by atoms with E-state index < -0.39 is 11.0 Å². The van der Waals surface area contributed by atoms with Crippen molar-refractivity contribution in [2.24, 2.45) is 5.92 Å². The highest BCUT2D eigenvalue weighted by atomic mass is 32.2. The summed E-state index contributed by atoms with van der Waals surface area (Å²) in [6, 6.07) is 6.42. The maximum Gasteiger partial charge on any atom is 0.125 e. The van der Waals surface area contributed by atoms with Crippen LogP contribution in [0.2, 0.25) is 0 Å². The van der Waals surface area contributed by atoms with Gasteiger partial charge in [-0.1, -0.05) is 19.1 Å². The topological polar surface area (TPSA) is 32.3 Å². The largest absolute Gasteiger partial charge is 0.299 e. The molecule has 2 aliphatic heterocycles. The number of benzene rings is 1. The Kier molecular flexibility index (Phi) is 3.50. The van der Waals surface area contributed by atoms with Crippen molar-refractivity contribution >= 4 is 11.0 Å². The number of piperidine rings is 1. The minimum Gasteiger partial charge on any atom is -0.299 e. The molecule has 98 valence electrons. The smallest absolute Gasteiger partial charge is 0.125 e. The molecule has 2 heterocycles. The van der Waals surface area contributed by atoms with Gasteiger partial charge in [0.2, 0.25) is 0 Å². The number of rotatable bonds is 2. The van der Waals surface area contributed by atoms with E-state index in [1.807, 2.05) is 0 Å². The molecule has 0 bridgehead atoms. The molecule has 0 amide bonds. The zero-order valence-corrected chi connectivity index (χ0v) is 11.6. The van der Waals surface area contributed by atoms with Crippen LogP contribution in [0.15, 0.2) is 23.1 Å². The first kappa shape index (κ1) is 12.3. The standard InChI is InChI=1S/C14H20N2OS/c1-11-3-2-6-16(9-11)10-12-4-5-13-8-15-18(17)14(13)7-12/h4-5,7,11,15H,2-3,6,8-10H2,1H3/t11-,18?/m0/s1. The Morgan fingerprint density at radius 2 is 2.39 bits per heavy atom. The molecule has 3 rings (SSSR count). The summed E-state index contributed by atoms with van der Waals surface area (Å²) < 4.78 is 14.7. The van der Waals surface area contributed by atoms with E-state index in [1.54, 1.807) is 0 Å². The molecule has 2 aliphatic rings. The van der Waals surface area contributed by atoms with E-state index in [-0.39, 0.29) is 0 Å². The third-order valence-corrected chi connectivity index (χ3v) is 5.06. The minimum absolute atomic E-state index is 0.739. The Balaban J connectivity index is 1.73. The van der Waals surface area contributed by atoms with Gasteiger partial charge in [-0.05, 0) is 42.5 Å². The van der Waals surface area contributed by atoms with Crippen molar-refractivity contribution in [1.82, 2.24) is 9.62 Å². The summed E-state index contributed by atoms with van der Waals surface area (Å²) in [4.78, 5) is 3.50. The van der Waals surface area contributed by atoms with Crippen molar-refractivity contribution in [2.45, 2.75) is 37.8 Å². The highest BCUT2D eigenvalue weighted by Gasteiger charge is 2.20. The van der Waals surface area contributed by atoms with Gasteiger partial charge in [-0.25, -0.2) is 8.93 Å². The van der Waals surface area contributed by atoms with Crippen molar-refractivity contribution in [3.8, 4) is 0 Å². The maximum absolute atomic E-state index is 11.7. The van der Waals surface area contributed by atoms with Gasteiger partial charge < -0.3 is 0 Å². The summed E-state index contributed by atoms with van der Waals surface area (Å²) in [5.41, 5.74) is 2.48. The molecule has 3 nitrogen and oxygen atoms in total. The van der Waals surface area contributed by atoms with Crippen LogP contribution >= 0.6 is 0 Å². The van der Waals surface area contributed by atoms with Crippen LogP contribution in [0.4, 0.5) is 0 Å². The molecule has 4 heteroatoms. The number of nitrogens with zero attached hydrogens (tertiary/aromatic N) is 1. The SMILES string of the molecule is C[C@H]1CCCN(Cc2ccc3c(c2)S(=O)NC3)C1. The van der Waals surface area contributed by atoms with Crippen LogP contribution in [0.25, 0.3) is 0 Å². The second-order valence-electron chi connectivity index (χ2n) is 5.51. The first-order chi connectivity index (χ1) is 8.72. The molecule has 0 radical (unpaired) electrons. The summed E-state index contributed by atoms with van der Waals surface area (Å²) in [7, 11) is -0.990. The summed E-state index contributed by atoms with van der Waals surface area (Å²) in [5, 5.41) is 0. The van der Waals surface area contributed by atoms with Gasteiger partial charge in [0.25, 0.3) is 0 Å². The van der Waals surface area contributed by atoms with Gasteiger partial charge in [-0.3, -0.25) is 4.90 Å². The quantitative estimate of drug-likeness (QED) is 0.886. The van der Waals surface area contributed by atoms with Crippen molar-refractivity contribution in [2.75, 3.05) is 13.1 Å². The van der Waals surface area contributed by atoms with Crippen molar-refractivity contribution in [1.29, 1.82) is 0 Å². The summed E-state index contributed by atoms with van der Waals surface area (Å²) in [6.07, 6.45) is 2.66. The summed E-state index contributed by atoms with van der Waals surface area (Å²) in [6.45, 7) is 6.45. The average Bonchev–Trinajstić information content (AvgIpc) is 2.71. The first-order valence-electron chi connectivity index (χ1n) is 6.72. The molecule has 1 unspecified atom stereocenters. The van der Waals surface area contributed by atoms with Gasteiger partial charge in [0.1, 0.15) is 11.0 Å². The van der Waals surface area contributed by atoms with Gasteiger partial charge in [-0.2, -0.15) is 0 Å². The Hall–Kier alpha value is -0.710. The van der Waals surface area contributed by atoms with Crippen LogP contribution in [0, 0.1) is 5.92 Å². The first-order valence-corrected chi connectivity index (χ1v) is 7.87. The second kappa shape index (κ2) is 5.11. The lowest BCUT2D eigenvalue weighted by atomic mass is 9.99. The molecule has 0 saturated carbocycles. The fraction of sp³-hybridized carbons (Fsp3) is 0.571. The van der Waals surface area contributed by atoms with Gasteiger partial charge in [-0.15, -0.1) is 0 Å². The minimum atomic E-state index is -0.990. The second-order valence-corrected chi connectivity index (χ2v) is 6.78. The number of hydrogen-bond donors (Lipinski definition) is 1. The Bertz CT molecular complexity index is 475. The Morgan fingerprint density at radius 3 is 3.22 bits per heavy atom. The monoisotopic (exact) mass is 264 g/mol. The zero-order chi connectivity index (χ0) is 12.5. The van der Waals surface area contributed by atoms with Crippen LogP contribution in [0.5, 0.6) is 0 Å². The molecule has 1 saturated heterocycles. The summed E-state index contributed by atoms with van der Waals surface area (Å²) >= 11 is 0. The highest BCUT2D eigenvalue weighted by molar-refractivity contribution is 7.83. The Morgan fingerprint density at radius 1 is 1.50 bits per heavy atom. The van der Waals surface area contributed by atoms with E-state index in [9.17, 15) is 4.21 Å². The van der Waals surface area contributed by atoms with E-state index in [2.05, 4.69) is 34.7 Å². The molecule has 0 spiro atoms. The number of nitrogens with one attached hydrogen (secondary N) is 1. The van der Waals surface area contributed by atoms with E-state index >= 15 is 0 Å². The lowest BCUT2D eigenvalue weighted by Crippen LogP contribution is -2.33. The van der Waals surface area contributed by atoms with E-state index in [4.69, 9.17) is 0 Å². The van der Waals surface area contributed by atoms with Gasteiger partial charge in [0.15, 0.2) is 0 Å². The third kappa shape index (κ3) is 2.51. The molecule has 1 fully saturated rings. The van der Waals surface area contributed by atoms with Crippen LogP contribution in [-0.4, -0.2) is 22.2 Å². The fourth-order valence-electron chi connectivity index (χ4n) is 2.93. The maximum atomic E-state index is 11.7. The lowest BCUT2D eigenvalue weighted by Gasteiger charge is -2.30. The fourth-order valence-corrected chi connectivity index (χ4v) is 4.00. The number of fused-ring (bicyclic) bond motifs is 1. The molecule has 1 aromatic carbocycles. The van der Waals surface area contributed by atoms with Crippen LogP contribution in [-0.2, 0) is 24.1 Å². The van der Waals surface area contributed by atoms with Crippen LogP contribution < -0.4 is 4.72 Å². The van der Waals surface area contributed by atoms with Crippen molar-refractivity contribution < 1.29 is 4.21 Å². The molecule has 0 aromatic heterocycles. The molecule has 0 aliphatic carbocycles. The molecule has 18 heavy (non-hydrogen) atoms. The molecule has 1 aromatic rings. The molecular weight excluding hydrogens is 244 g/mol. The zero-order valence-electron chi connectivity index (χ0n) is 10.8. The summed E-state index contributed by atoms with van der Waals surface area (Å²) in [5.74, 6) is 0.809. The third-order valence-electron chi connectivity index (χ3n) is 3.87. The highest BCUT2D eigenvalue weighted by Crippen LogP contribution is 2.23. The molecular formula is C14H20N2OS. The van der Waals surface area contributed by atoms with Gasteiger partial charge >= 0.3 is 0 Å². The van der Waals surface area contributed by atoms with Gasteiger partial charge in [0.05, 0.1) is 4.90 Å². The lowest BCUT2D eigenvalue weighted by molar-refractivity contribution is 0.176.